The maximum absolute atomic E-state index is 12.6. The lowest BCUT2D eigenvalue weighted by Crippen LogP contribution is -2.43. The molecule has 0 bridgehead atoms. The molecule has 1 aliphatic carbocycles. The first-order valence-electron chi connectivity index (χ1n) is 11.5. The number of carboxylic acids is 1. The largest absolute Gasteiger partial charge is 0.479 e. The summed E-state index contributed by atoms with van der Waals surface area (Å²) in [7, 11) is 1.31. The van der Waals surface area contributed by atoms with Crippen molar-refractivity contribution in [1.29, 1.82) is 0 Å². The first kappa shape index (κ1) is 25.2. The molecule has 2 aromatic carbocycles. The van der Waals surface area contributed by atoms with Gasteiger partial charge in [0.1, 0.15) is 6.61 Å². The zero-order valence-electron chi connectivity index (χ0n) is 19.7. The standard InChI is InChI=1S/C26H32N2O6/c1-16(2)22(14-24(29)27-13-12-23(33-3)25(30)31)28-26(32)34-15-21-19-10-6-4-8-17(19)18-9-5-7-11-20(18)21/h4-11,16,21-23H,12-15H2,1-3H3,(H,27,29)(H,28,32)(H,30,31)/t22-,23?/m0/s1. The second kappa shape index (κ2) is 11.7. The Hall–Kier alpha value is -3.39. The fraction of sp³-hybridized carbons (Fsp3) is 0.423. The number of hydrogen-bond acceptors (Lipinski definition) is 5. The van der Waals surface area contributed by atoms with E-state index in [9.17, 15) is 14.4 Å². The second-order valence-corrected chi connectivity index (χ2v) is 8.73. The van der Waals surface area contributed by atoms with Crippen molar-refractivity contribution in [1.82, 2.24) is 10.6 Å². The number of carbonyl (C=O) groups is 3. The molecule has 182 valence electrons. The summed E-state index contributed by atoms with van der Waals surface area (Å²) in [6, 6.07) is 15.8. The van der Waals surface area contributed by atoms with Crippen molar-refractivity contribution in [3.8, 4) is 11.1 Å². The quantitative estimate of drug-likeness (QED) is 0.465. The molecule has 34 heavy (non-hydrogen) atoms. The van der Waals surface area contributed by atoms with E-state index in [0.717, 1.165) is 22.3 Å². The van der Waals surface area contributed by atoms with Gasteiger partial charge in [-0.1, -0.05) is 62.4 Å². The van der Waals surface area contributed by atoms with Crippen molar-refractivity contribution in [2.45, 2.75) is 44.8 Å². The molecule has 0 fully saturated rings. The molecular weight excluding hydrogens is 436 g/mol. The fourth-order valence-corrected chi connectivity index (χ4v) is 4.20. The van der Waals surface area contributed by atoms with Gasteiger partial charge in [0.25, 0.3) is 0 Å². The summed E-state index contributed by atoms with van der Waals surface area (Å²) in [4.78, 5) is 35.9. The molecular formula is C26H32N2O6. The highest BCUT2D eigenvalue weighted by atomic mass is 16.5. The lowest BCUT2D eigenvalue weighted by Gasteiger charge is -2.22. The van der Waals surface area contributed by atoms with Crippen LogP contribution < -0.4 is 10.6 Å². The van der Waals surface area contributed by atoms with Gasteiger partial charge in [0.05, 0.1) is 0 Å². The van der Waals surface area contributed by atoms with Crippen LogP contribution in [0.3, 0.4) is 0 Å². The smallest absolute Gasteiger partial charge is 0.407 e. The van der Waals surface area contributed by atoms with Crippen LogP contribution in [0.1, 0.15) is 43.7 Å². The van der Waals surface area contributed by atoms with Crippen LogP contribution in [0.4, 0.5) is 4.79 Å². The minimum atomic E-state index is -1.08. The molecule has 3 N–H and O–H groups in total. The first-order chi connectivity index (χ1) is 16.3. The van der Waals surface area contributed by atoms with Crippen molar-refractivity contribution in [2.24, 2.45) is 5.92 Å². The Morgan fingerprint density at radius 3 is 2.12 bits per heavy atom. The highest BCUT2D eigenvalue weighted by Gasteiger charge is 2.29. The maximum Gasteiger partial charge on any atom is 0.407 e. The SMILES string of the molecule is COC(CCNC(=O)C[C@H](NC(=O)OCC1c2ccccc2-c2ccccc21)C(C)C)C(=O)O. The number of aliphatic carboxylic acids is 1. The molecule has 0 saturated heterocycles. The van der Waals surface area contributed by atoms with Gasteiger partial charge in [0, 0.05) is 38.5 Å². The number of ether oxygens (including phenoxy) is 2. The van der Waals surface area contributed by atoms with Gasteiger partial charge in [-0.25, -0.2) is 9.59 Å². The Morgan fingerprint density at radius 1 is 1.00 bits per heavy atom. The molecule has 0 spiro atoms. The number of nitrogens with one attached hydrogen (secondary N) is 2. The molecule has 2 amide bonds. The van der Waals surface area contributed by atoms with E-state index in [-0.39, 0.29) is 43.7 Å². The van der Waals surface area contributed by atoms with Gasteiger partial charge in [-0.05, 0) is 28.2 Å². The third-order valence-corrected chi connectivity index (χ3v) is 6.15. The van der Waals surface area contributed by atoms with E-state index in [1.54, 1.807) is 0 Å². The van der Waals surface area contributed by atoms with E-state index < -0.39 is 24.2 Å². The number of alkyl carbamates (subject to hydrolysis) is 1. The number of amides is 2. The molecule has 8 nitrogen and oxygen atoms in total. The number of rotatable bonds is 11. The van der Waals surface area contributed by atoms with Crippen LogP contribution in [0.2, 0.25) is 0 Å². The van der Waals surface area contributed by atoms with Gasteiger partial charge < -0.3 is 25.2 Å². The fourth-order valence-electron chi connectivity index (χ4n) is 4.20. The average Bonchev–Trinajstić information content (AvgIpc) is 3.13. The predicted octanol–water partition coefficient (Wildman–Crippen LogP) is 3.55. The predicted molar refractivity (Wildman–Crippen MR) is 128 cm³/mol. The number of carboxylic acid groups (broad SMARTS) is 1. The molecule has 1 unspecified atom stereocenters. The highest BCUT2D eigenvalue weighted by molar-refractivity contribution is 5.79. The van der Waals surface area contributed by atoms with E-state index in [2.05, 4.69) is 34.9 Å². The van der Waals surface area contributed by atoms with Gasteiger partial charge >= 0.3 is 12.1 Å². The summed E-state index contributed by atoms with van der Waals surface area (Å²) in [6.45, 7) is 4.18. The summed E-state index contributed by atoms with van der Waals surface area (Å²) in [5.41, 5.74) is 4.57. The number of hydrogen-bond donors (Lipinski definition) is 3. The summed E-state index contributed by atoms with van der Waals surface area (Å²) in [5, 5.41) is 14.5. The molecule has 0 heterocycles. The monoisotopic (exact) mass is 468 g/mol. The van der Waals surface area contributed by atoms with Crippen LogP contribution in [-0.4, -0.2) is 55.5 Å². The number of methoxy groups -OCH3 is 1. The summed E-state index contributed by atoms with van der Waals surface area (Å²) < 4.78 is 10.4. The van der Waals surface area contributed by atoms with Crippen molar-refractivity contribution in [3.05, 3.63) is 59.7 Å². The Labute approximate surface area is 199 Å². The van der Waals surface area contributed by atoms with Crippen LogP contribution in [0.5, 0.6) is 0 Å². The van der Waals surface area contributed by atoms with Crippen LogP contribution >= 0.6 is 0 Å². The molecule has 3 rings (SSSR count). The summed E-state index contributed by atoms with van der Waals surface area (Å²) in [6.07, 6.45) is -1.32. The van der Waals surface area contributed by atoms with Gasteiger partial charge in [-0.3, -0.25) is 4.79 Å². The third-order valence-electron chi connectivity index (χ3n) is 6.15. The lowest BCUT2D eigenvalue weighted by molar-refractivity contribution is -0.149. The van der Waals surface area contributed by atoms with E-state index in [0.29, 0.717) is 0 Å². The lowest BCUT2D eigenvalue weighted by atomic mass is 9.98. The minimum Gasteiger partial charge on any atom is -0.479 e. The second-order valence-electron chi connectivity index (χ2n) is 8.73. The molecule has 1 aliphatic rings. The first-order valence-corrected chi connectivity index (χ1v) is 11.5. The van der Waals surface area contributed by atoms with E-state index in [4.69, 9.17) is 14.6 Å². The molecule has 0 aliphatic heterocycles. The summed E-state index contributed by atoms with van der Waals surface area (Å²) >= 11 is 0. The van der Waals surface area contributed by atoms with Crippen LogP contribution in [0, 0.1) is 5.92 Å². The molecule has 0 saturated carbocycles. The Bertz CT molecular complexity index is 976. The Morgan fingerprint density at radius 2 is 1.59 bits per heavy atom. The Kier molecular flexibility index (Phi) is 8.65. The normalized spacial score (nSPS) is 14.1. The van der Waals surface area contributed by atoms with Crippen molar-refractivity contribution in [3.63, 3.8) is 0 Å². The highest BCUT2D eigenvalue weighted by Crippen LogP contribution is 2.44. The van der Waals surface area contributed by atoms with Crippen molar-refractivity contribution in [2.75, 3.05) is 20.3 Å². The molecule has 8 heteroatoms. The van der Waals surface area contributed by atoms with Crippen molar-refractivity contribution >= 4 is 18.0 Å². The van der Waals surface area contributed by atoms with Gasteiger partial charge in [-0.2, -0.15) is 0 Å². The van der Waals surface area contributed by atoms with E-state index >= 15 is 0 Å². The number of carbonyl (C=O) groups excluding carboxylic acids is 2. The van der Waals surface area contributed by atoms with Crippen LogP contribution in [0.15, 0.2) is 48.5 Å². The van der Waals surface area contributed by atoms with E-state index in [1.807, 2.05) is 38.1 Å². The van der Waals surface area contributed by atoms with Gasteiger partial charge in [0.15, 0.2) is 6.10 Å². The zero-order chi connectivity index (χ0) is 24.7. The van der Waals surface area contributed by atoms with Gasteiger partial charge in [-0.15, -0.1) is 0 Å². The zero-order valence-corrected chi connectivity index (χ0v) is 19.7. The minimum absolute atomic E-state index is 0.00280. The Balaban J connectivity index is 1.53. The number of fused-ring (bicyclic) bond motifs is 3. The third kappa shape index (κ3) is 6.14. The maximum atomic E-state index is 12.6. The summed E-state index contributed by atoms with van der Waals surface area (Å²) in [5.74, 6) is -1.40. The number of benzene rings is 2. The van der Waals surface area contributed by atoms with Crippen molar-refractivity contribution < 1.29 is 29.0 Å². The topological polar surface area (TPSA) is 114 Å². The van der Waals surface area contributed by atoms with Gasteiger partial charge in [0.2, 0.25) is 5.91 Å². The van der Waals surface area contributed by atoms with Crippen LogP contribution in [0.25, 0.3) is 11.1 Å². The average molecular weight is 469 g/mol. The molecule has 0 aromatic heterocycles. The van der Waals surface area contributed by atoms with E-state index in [1.165, 1.54) is 7.11 Å². The molecule has 2 atom stereocenters. The molecule has 0 radical (unpaired) electrons. The molecule has 2 aromatic rings. The van der Waals surface area contributed by atoms with Crippen LogP contribution in [-0.2, 0) is 19.1 Å².